The quantitative estimate of drug-likeness (QED) is 0.512. The first-order chi connectivity index (χ1) is 16.0. The van der Waals surface area contributed by atoms with E-state index in [1.165, 1.54) is 12.1 Å². The number of rotatable bonds is 5. The van der Waals surface area contributed by atoms with Crippen LogP contribution >= 0.6 is 0 Å². The Hall–Kier alpha value is -4.27. The minimum absolute atomic E-state index is 0.0686. The first kappa shape index (κ1) is 20.6. The molecule has 0 fully saturated rings. The molecule has 9 nitrogen and oxygen atoms in total. The number of hydrogen-bond donors (Lipinski definition) is 1. The van der Waals surface area contributed by atoms with Crippen LogP contribution in [-0.2, 0) is 17.9 Å². The average molecular weight is 442 g/mol. The van der Waals surface area contributed by atoms with Crippen molar-refractivity contribution in [3.8, 4) is 0 Å². The van der Waals surface area contributed by atoms with E-state index in [0.717, 1.165) is 21.3 Å². The Morgan fingerprint density at radius 2 is 1.79 bits per heavy atom. The maximum atomic E-state index is 12.9. The SMILES string of the molecule is Cc1ccc(NC(=O)c2ccc(=O)n(CCC(=O)N3CCn4c3nc3ccccc34)n2)cc1. The largest absolute Gasteiger partial charge is 0.321 e. The highest BCUT2D eigenvalue weighted by Crippen LogP contribution is 2.27. The standard InChI is InChI=1S/C24H22N6O3/c1-16-6-8-17(9-7-16)25-23(33)19-10-11-22(32)30(27-19)13-12-21(31)29-15-14-28-20-5-3-2-4-18(20)26-24(28)29/h2-11H,12-15H2,1H3,(H,25,33). The monoisotopic (exact) mass is 442 g/mol. The molecule has 0 bridgehead atoms. The summed E-state index contributed by atoms with van der Waals surface area (Å²) in [7, 11) is 0. The topological polar surface area (TPSA) is 102 Å². The number of anilines is 2. The van der Waals surface area contributed by atoms with Crippen LogP contribution in [0.3, 0.4) is 0 Å². The van der Waals surface area contributed by atoms with Gasteiger partial charge in [0.05, 0.1) is 17.6 Å². The molecule has 0 spiro atoms. The zero-order valence-corrected chi connectivity index (χ0v) is 18.1. The van der Waals surface area contributed by atoms with Crippen molar-refractivity contribution in [3.05, 3.63) is 82.3 Å². The number of carbonyl (C=O) groups is 2. The van der Waals surface area contributed by atoms with Gasteiger partial charge in [-0.1, -0.05) is 29.8 Å². The van der Waals surface area contributed by atoms with Gasteiger partial charge in [-0.3, -0.25) is 19.3 Å². The zero-order valence-electron chi connectivity index (χ0n) is 18.1. The Balaban J connectivity index is 1.28. The van der Waals surface area contributed by atoms with Crippen LogP contribution in [0.5, 0.6) is 0 Å². The lowest BCUT2D eigenvalue weighted by molar-refractivity contribution is -0.118. The van der Waals surface area contributed by atoms with E-state index in [2.05, 4.69) is 15.4 Å². The summed E-state index contributed by atoms with van der Waals surface area (Å²) in [4.78, 5) is 44.0. The predicted molar refractivity (Wildman–Crippen MR) is 124 cm³/mol. The van der Waals surface area contributed by atoms with Gasteiger partial charge in [-0.05, 0) is 37.3 Å². The van der Waals surface area contributed by atoms with Crippen molar-refractivity contribution in [3.63, 3.8) is 0 Å². The minimum atomic E-state index is -0.424. The molecule has 4 aromatic rings. The molecule has 0 atom stereocenters. The summed E-state index contributed by atoms with van der Waals surface area (Å²) in [5.41, 5.74) is 3.28. The van der Waals surface area contributed by atoms with Crippen LogP contribution in [0.1, 0.15) is 22.5 Å². The van der Waals surface area contributed by atoms with Gasteiger partial charge in [-0.15, -0.1) is 0 Å². The zero-order chi connectivity index (χ0) is 22.9. The number of imidazole rings is 1. The van der Waals surface area contributed by atoms with E-state index in [4.69, 9.17) is 0 Å². The first-order valence-electron chi connectivity index (χ1n) is 10.7. The molecule has 2 aromatic carbocycles. The van der Waals surface area contributed by atoms with E-state index in [1.54, 1.807) is 17.0 Å². The van der Waals surface area contributed by atoms with Gasteiger partial charge in [0.25, 0.3) is 11.5 Å². The fourth-order valence-corrected chi connectivity index (χ4v) is 3.92. The van der Waals surface area contributed by atoms with Gasteiger partial charge in [-0.25, -0.2) is 9.67 Å². The molecular weight excluding hydrogens is 420 g/mol. The van der Waals surface area contributed by atoms with Crippen LogP contribution < -0.4 is 15.8 Å². The van der Waals surface area contributed by atoms with Crippen molar-refractivity contribution in [2.45, 2.75) is 26.4 Å². The third-order valence-corrected chi connectivity index (χ3v) is 5.67. The molecule has 33 heavy (non-hydrogen) atoms. The molecule has 0 saturated carbocycles. The summed E-state index contributed by atoms with van der Waals surface area (Å²) in [6.45, 7) is 3.24. The van der Waals surface area contributed by atoms with Crippen LogP contribution in [0.15, 0.2) is 65.5 Å². The van der Waals surface area contributed by atoms with Gasteiger partial charge in [0, 0.05) is 31.3 Å². The molecule has 0 aliphatic carbocycles. The number of para-hydroxylation sites is 2. The highest BCUT2D eigenvalue weighted by molar-refractivity contribution is 6.02. The Kier molecular flexibility index (Phi) is 5.21. The van der Waals surface area contributed by atoms with E-state index in [-0.39, 0.29) is 30.1 Å². The van der Waals surface area contributed by atoms with Crippen LogP contribution in [0, 0.1) is 6.92 Å². The second-order valence-electron chi connectivity index (χ2n) is 7.95. The van der Waals surface area contributed by atoms with Gasteiger partial charge in [0.15, 0.2) is 0 Å². The predicted octanol–water partition coefficient (Wildman–Crippen LogP) is 2.59. The minimum Gasteiger partial charge on any atom is -0.321 e. The van der Waals surface area contributed by atoms with Crippen LogP contribution in [0.2, 0.25) is 0 Å². The van der Waals surface area contributed by atoms with Crippen molar-refractivity contribution in [1.82, 2.24) is 19.3 Å². The lowest BCUT2D eigenvalue weighted by Gasteiger charge is -2.14. The number of hydrogen-bond acceptors (Lipinski definition) is 5. The molecule has 1 aliphatic heterocycles. The summed E-state index contributed by atoms with van der Waals surface area (Å²) in [5.74, 6) is 0.0483. The molecule has 9 heteroatoms. The second kappa shape index (κ2) is 8.34. The number of nitrogens with zero attached hydrogens (tertiary/aromatic N) is 5. The number of amides is 2. The Morgan fingerprint density at radius 1 is 1.00 bits per heavy atom. The fourth-order valence-electron chi connectivity index (χ4n) is 3.92. The average Bonchev–Trinajstić information content (AvgIpc) is 3.39. The molecular formula is C24H22N6O3. The van der Waals surface area contributed by atoms with Crippen LogP contribution in [0.4, 0.5) is 11.6 Å². The summed E-state index contributed by atoms with van der Waals surface area (Å²) in [6.07, 6.45) is 0.0686. The van der Waals surface area contributed by atoms with Crippen LogP contribution in [-0.4, -0.2) is 37.7 Å². The Labute approximate surface area is 189 Å². The summed E-state index contributed by atoms with van der Waals surface area (Å²) < 4.78 is 3.18. The second-order valence-corrected chi connectivity index (χ2v) is 7.95. The van der Waals surface area contributed by atoms with E-state index >= 15 is 0 Å². The highest BCUT2D eigenvalue weighted by Gasteiger charge is 2.28. The van der Waals surface area contributed by atoms with Crippen molar-refractivity contribution in [2.24, 2.45) is 0 Å². The maximum Gasteiger partial charge on any atom is 0.276 e. The number of benzene rings is 2. The third kappa shape index (κ3) is 4.00. The lowest BCUT2D eigenvalue weighted by atomic mass is 10.2. The van der Waals surface area contributed by atoms with E-state index < -0.39 is 5.91 Å². The van der Waals surface area contributed by atoms with Gasteiger partial charge >= 0.3 is 0 Å². The van der Waals surface area contributed by atoms with Gasteiger partial charge in [-0.2, -0.15) is 5.10 Å². The van der Waals surface area contributed by atoms with E-state index in [0.29, 0.717) is 24.7 Å². The number of carbonyl (C=O) groups excluding carboxylic acids is 2. The van der Waals surface area contributed by atoms with Crippen molar-refractivity contribution in [2.75, 3.05) is 16.8 Å². The van der Waals surface area contributed by atoms with Crippen molar-refractivity contribution < 1.29 is 9.59 Å². The molecule has 5 rings (SSSR count). The lowest BCUT2D eigenvalue weighted by Crippen LogP contribution is -2.32. The molecule has 2 amide bonds. The fraction of sp³-hybridized carbons (Fsp3) is 0.208. The molecule has 166 valence electrons. The highest BCUT2D eigenvalue weighted by atomic mass is 16.2. The van der Waals surface area contributed by atoms with Gasteiger partial charge in [0.2, 0.25) is 11.9 Å². The maximum absolute atomic E-state index is 12.9. The van der Waals surface area contributed by atoms with Crippen molar-refractivity contribution in [1.29, 1.82) is 0 Å². The summed E-state index contributed by atoms with van der Waals surface area (Å²) in [5, 5.41) is 6.93. The van der Waals surface area contributed by atoms with E-state index in [1.807, 2.05) is 47.9 Å². The van der Waals surface area contributed by atoms with Crippen molar-refractivity contribution >= 4 is 34.5 Å². The number of aryl methyl sites for hydroxylation is 2. The Bertz CT molecular complexity index is 1420. The first-order valence-corrected chi connectivity index (χ1v) is 10.7. The molecule has 2 aromatic heterocycles. The number of nitrogens with one attached hydrogen (secondary N) is 1. The van der Waals surface area contributed by atoms with E-state index in [9.17, 15) is 14.4 Å². The normalized spacial score (nSPS) is 12.7. The van der Waals surface area contributed by atoms with Gasteiger partial charge in [0.1, 0.15) is 5.69 Å². The molecule has 3 heterocycles. The molecule has 1 N–H and O–H groups in total. The smallest absolute Gasteiger partial charge is 0.276 e. The molecule has 0 saturated heterocycles. The summed E-state index contributed by atoms with van der Waals surface area (Å²) >= 11 is 0. The third-order valence-electron chi connectivity index (χ3n) is 5.67. The van der Waals surface area contributed by atoms with Gasteiger partial charge < -0.3 is 9.88 Å². The molecule has 0 unspecified atom stereocenters. The Morgan fingerprint density at radius 3 is 2.61 bits per heavy atom. The molecule has 0 radical (unpaired) electrons. The summed E-state index contributed by atoms with van der Waals surface area (Å²) in [6, 6.07) is 17.8. The number of aromatic nitrogens is 4. The van der Waals surface area contributed by atoms with Crippen LogP contribution in [0.25, 0.3) is 11.0 Å². The number of fused-ring (bicyclic) bond motifs is 3. The molecule has 1 aliphatic rings.